The molecule has 3 aromatic rings. The zero-order chi connectivity index (χ0) is 23.1. The van der Waals surface area contributed by atoms with E-state index in [2.05, 4.69) is 19.1 Å². The lowest BCUT2D eigenvalue weighted by molar-refractivity contribution is -0.137. The number of fused-ring (bicyclic) bond motifs is 2. The summed E-state index contributed by atoms with van der Waals surface area (Å²) in [4.78, 5) is 12.3. The van der Waals surface area contributed by atoms with Gasteiger partial charge in [-0.3, -0.25) is 4.57 Å². The minimum atomic E-state index is -4.55. The van der Waals surface area contributed by atoms with E-state index in [0.29, 0.717) is 0 Å². The number of nitrogens with zero attached hydrogens (tertiary/aromatic N) is 4. The van der Waals surface area contributed by atoms with Crippen molar-refractivity contribution in [3.63, 3.8) is 0 Å². The van der Waals surface area contributed by atoms with Crippen LogP contribution in [0.3, 0.4) is 0 Å². The molecule has 1 unspecified atom stereocenters. The maximum absolute atomic E-state index is 13.1. The second-order valence-corrected chi connectivity index (χ2v) is 8.59. The van der Waals surface area contributed by atoms with E-state index in [4.69, 9.17) is 9.88 Å². The van der Waals surface area contributed by atoms with Gasteiger partial charge in [-0.25, -0.2) is 24.3 Å². The Bertz CT molecular complexity index is 1330. The number of aliphatic hydroxyl groups excluding tert-OH is 1. The zero-order valence-electron chi connectivity index (χ0n) is 15.7. The Morgan fingerprint density at radius 1 is 1.25 bits per heavy atom. The number of aromatic nitrogens is 4. The van der Waals surface area contributed by atoms with E-state index in [1.54, 1.807) is 0 Å². The van der Waals surface area contributed by atoms with Crippen LogP contribution in [-0.2, 0) is 25.4 Å². The largest absolute Gasteiger partial charge is 0.416 e. The molecular weight excluding hydrogens is 459 g/mol. The maximum Gasteiger partial charge on any atom is 0.416 e. The van der Waals surface area contributed by atoms with Crippen molar-refractivity contribution in [2.75, 3.05) is 0 Å². The summed E-state index contributed by atoms with van der Waals surface area (Å²) in [6, 6.07) is 4.52. The molecule has 0 amide bonds. The van der Waals surface area contributed by atoms with Crippen LogP contribution >= 0.6 is 0 Å². The van der Waals surface area contributed by atoms with Crippen molar-refractivity contribution in [2.45, 2.75) is 36.3 Å². The summed E-state index contributed by atoms with van der Waals surface area (Å²) in [5, 5.41) is 25.9. The van der Waals surface area contributed by atoms with Gasteiger partial charge in [-0.05, 0) is 12.1 Å². The molecule has 5 atom stereocenters. The van der Waals surface area contributed by atoms with E-state index < -0.39 is 52.2 Å². The van der Waals surface area contributed by atoms with E-state index in [1.807, 2.05) is 0 Å². The molecular formula is C17H14F3N5O6S. The first-order valence-electron chi connectivity index (χ1n) is 9.03. The number of benzene rings is 1. The molecule has 32 heavy (non-hydrogen) atoms. The lowest BCUT2D eigenvalue weighted by Crippen LogP contribution is -2.38. The Kier molecular flexibility index (Phi) is 4.41. The Hall–Kier alpha value is -2.69. The lowest BCUT2D eigenvalue weighted by atomic mass is 10.1. The van der Waals surface area contributed by atoms with Crippen molar-refractivity contribution < 1.29 is 40.7 Å². The number of hydrogen-bond donors (Lipinski definition) is 3. The standard InChI is InChI=1S/C17H14F3N5O6S/c18-17(19,20)8-3-1-2-7(4-8)9-10-14(23-5-22-9)25(6-24-10)15-11(26)16(27)12(30-15)13(16)31-32(21,28)29/h1-6,11-13,15,26-27H,(H2,21,28,29)/t11-,12+,13?,15+,16-/m0/s1. The summed E-state index contributed by atoms with van der Waals surface area (Å²) in [6.07, 6.45) is -7.64. The van der Waals surface area contributed by atoms with Crippen molar-refractivity contribution in [2.24, 2.45) is 5.14 Å². The first kappa shape index (κ1) is 21.2. The third-order valence-corrected chi connectivity index (χ3v) is 5.92. The molecule has 11 nitrogen and oxygen atoms in total. The number of nitrogens with two attached hydrogens (primary N) is 1. The quantitative estimate of drug-likeness (QED) is 0.477. The molecule has 4 N–H and O–H groups in total. The molecule has 0 spiro atoms. The fraction of sp³-hybridized carbons (Fsp3) is 0.353. The number of aliphatic hydroxyl groups is 2. The van der Waals surface area contributed by atoms with Crippen LogP contribution in [-0.4, -0.2) is 62.1 Å². The predicted molar refractivity (Wildman–Crippen MR) is 98.6 cm³/mol. The molecule has 1 saturated heterocycles. The van der Waals surface area contributed by atoms with Gasteiger partial charge < -0.3 is 14.9 Å². The van der Waals surface area contributed by atoms with E-state index in [1.165, 1.54) is 23.0 Å². The number of halogens is 3. The van der Waals surface area contributed by atoms with Gasteiger partial charge in [0.15, 0.2) is 17.5 Å². The van der Waals surface area contributed by atoms with Gasteiger partial charge in [0.05, 0.1) is 11.9 Å². The van der Waals surface area contributed by atoms with Crippen molar-refractivity contribution in [3.8, 4) is 11.3 Å². The smallest absolute Gasteiger partial charge is 0.385 e. The Labute approximate surface area is 177 Å². The third-order valence-electron chi connectivity index (χ3n) is 5.44. The molecule has 0 radical (unpaired) electrons. The van der Waals surface area contributed by atoms with Gasteiger partial charge in [-0.15, -0.1) is 0 Å². The van der Waals surface area contributed by atoms with Gasteiger partial charge in [0.1, 0.15) is 35.8 Å². The van der Waals surface area contributed by atoms with Gasteiger partial charge in [0.25, 0.3) is 0 Å². The molecule has 1 aliphatic carbocycles. The third kappa shape index (κ3) is 3.16. The highest BCUT2D eigenvalue weighted by Gasteiger charge is 2.79. The molecule has 2 aromatic heterocycles. The molecule has 1 aliphatic heterocycles. The second-order valence-electron chi connectivity index (χ2n) is 7.41. The SMILES string of the molecule is NS(=O)(=O)OC1[C@H]2O[C@@H](n3cnc4c(-c5cccc(C(F)(F)F)c5)ncnc43)[C@H](O)[C@@]12O. The number of rotatable bonds is 4. The van der Waals surface area contributed by atoms with Gasteiger partial charge in [-0.1, -0.05) is 12.1 Å². The number of ether oxygens (including phenoxy) is 1. The van der Waals surface area contributed by atoms with Crippen LogP contribution in [0.2, 0.25) is 0 Å². The van der Waals surface area contributed by atoms with Crippen LogP contribution in [0.4, 0.5) is 13.2 Å². The average Bonchev–Trinajstić information content (AvgIpc) is 3.01. The van der Waals surface area contributed by atoms with Gasteiger partial charge in [0.2, 0.25) is 0 Å². The number of alkyl halides is 3. The summed E-state index contributed by atoms with van der Waals surface area (Å²) in [5.41, 5.74) is -2.37. The first-order valence-corrected chi connectivity index (χ1v) is 10.5. The van der Waals surface area contributed by atoms with E-state index in [9.17, 15) is 31.8 Å². The normalized spacial score (nSPS) is 29.9. The average molecular weight is 473 g/mol. The summed E-state index contributed by atoms with van der Waals surface area (Å²) in [6.45, 7) is 0. The molecule has 2 aliphatic rings. The van der Waals surface area contributed by atoms with Crippen molar-refractivity contribution in [3.05, 3.63) is 42.5 Å². The summed E-state index contributed by atoms with van der Waals surface area (Å²) in [5.74, 6) is 0. The van der Waals surface area contributed by atoms with Gasteiger partial charge in [-0.2, -0.15) is 21.6 Å². The predicted octanol–water partition coefficient (Wildman–Crippen LogP) is 0.104. The highest BCUT2D eigenvalue weighted by atomic mass is 32.2. The fourth-order valence-corrected chi connectivity index (χ4v) is 4.43. The highest BCUT2D eigenvalue weighted by molar-refractivity contribution is 7.84. The zero-order valence-corrected chi connectivity index (χ0v) is 16.5. The first-order chi connectivity index (χ1) is 14.9. The maximum atomic E-state index is 13.1. The van der Waals surface area contributed by atoms with Crippen LogP contribution in [0.15, 0.2) is 36.9 Å². The van der Waals surface area contributed by atoms with E-state index in [-0.39, 0.29) is 22.4 Å². The highest BCUT2D eigenvalue weighted by Crippen LogP contribution is 2.55. The molecule has 1 aromatic carbocycles. The molecule has 2 fully saturated rings. The monoisotopic (exact) mass is 473 g/mol. The minimum absolute atomic E-state index is 0.116. The van der Waals surface area contributed by atoms with Gasteiger partial charge in [0, 0.05) is 5.56 Å². The Morgan fingerprint density at radius 3 is 2.62 bits per heavy atom. The molecule has 3 heterocycles. The summed E-state index contributed by atoms with van der Waals surface area (Å²) in [7, 11) is -4.39. The summed E-state index contributed by atoms with van der Waals surface area (Å²) < 4.78 is 72.8. The van der Waals surface area contributed by atoms with E-state index in [0.717, 1.165) is 18.5 Å². The molecule has 170 valence electrons. The number of hydrogen-bond acceptors (Lipinski definition) is 9. The van der Waals surface area contributed by atoms with Crippen molar-refractivity contribution >= 4 is 21.5 Å². The molecule has 5 rings (SSSR count). The minimum Gasteiger partial charge on any atom is -0.385 e. The van der Waals surface area contributed by atoms with E-state index >= 15 is 0 Å². The van der Waals surface area contributed by atoms with Crippen LogP contribution < -0.4 is 5.14 Å². The van der Waals surface area contributed by atoms with Crippen LogP contribution in [0.1, 0.15) is 11.8 Å². The van der Waals surface area contributed by atoms with Crippen LogP contribution in [0.25, 0.3) is 22.4 Å². The van der Waals surface area contributed by atoms with Gasteiger partial charge >= 0.3 is 16.5 Å². The lowest BCUT2D eigenvalue weighted by Gasteiger charge is -2.23. The fourth-order valence-electron chi connectivity index (χ4n) is 3.88. The Balaban J connectivity index is 1.49. The van der Waals surface area contributed by atoms with Crippen molar-refractivity contribution in [1.29, 1.82) is 0 Å². The van der Waals surface area contributed by atoms with Crippen LogP contribution in [0.5, 0.6) is 0 Å². The van der Waals surface area contributed by atoms with Crippen molar-refractivity contribution in [1.82, 2.24) is 19.5 Å². The summed E-state index contributed by atoms with van der Waals surface area (Å²) >= 11 is 0. The van der Waals surface area contributed by atoms with Crippen LogP contribution in [0, 0.1) is 0 Å². The Morgan fingerprint density at radius 2 is 2.00 bits per heavy atom. The number of imidazole rings is 1. The molecule has 1 saturated carbocycles. The molecule has 15 heteroatoms. The second kappa shape index (κ2) is 6.66. The topological polar surface area (TPSA) is 163 Å². The molecule has 0 bridgehead atoms.